The molecule has 5 aliphatic rings. The van der Waals surface area contributed by atoms with Crippen molar-refractivity contribution in [1.29, 1.82) is 0 Å². The Bertz CT molecular complexity index is 2410. The van der Waals surface area contributed by atoms with Gasteiger partial charge >= 0.3 is 6.09 Å². The molecule has 4 amide bonds. The van der Waals surface area contributed by atoms with Gasteiger partial charge in [-0.25, -0.2) is 18.2 Å². The number of hydrogen-bond acceptors (Lipinski definition) is 10. The Morgan fingerprint density at radius 2 is 1.66 bits per heavy atom. The van der Waals surface area contributed by atoms with E-state index in [1.165, 1.54) is 4.90 Å². The highest BCUT2D eigenvalue weighted by Gasteiger charge is 2.62. The van der Waals surface area contributed by atoms with Crippen LogP contribution in [0.15, 0.2) is 72.8 Å². The Kier molecular flexibility index (Phi) is 10.5. The number of aromatic nitrogens is 3. The number of hydrogen-bond donors (Lipinski definition) is 3. The molecular weight excluding hydrogens is 775 g/mol. The Hall–Kier alpha value is -5.51. The van der Waals surface area contributed by atoms with E-state index in [9.17, 15) is 27.6 Å². The van der Waals surface area contributed by atoms with Crippen LogP contribution in [0.25, 0.3) is 27.8 Å². The molecule has 310 valence electrons. The average Bonchev–Trinajstić information content (AvgIpc) is 4.04. The number of carbonyl (C=O) groups is 4. The molecule has 4 heterocycles. The van der Waals surface area contributed by atoms with Gasteiger partial charge in [0.1, 0.15) is 29.8 Å². The number of nitrogens with one attached hydrogen (secondary N) is 3. The highest BCUT2D eigenvalue weighted by atomic mass is 32.2. The molecule has 15 nitrogen and oxygen atoms in total. The van der Waals surface area contributed by atoms with E-state index in [4.69, 9.17) is 19.6 Å². The van der Waals surface area contributed by atoms with Crippen LogP contribution in [-0.4, -0.2) is 93.4 Å². The van der Waals surface area contributed by atoms with Crippen molar-refractivity contribution in [2.24, 2.45) is 5.92 Å². The lowest BCUT2D eigenvalue weighted by atomic mass is 10.0. The molecule has 2 aromatic carbocycles. The zero-order valence-corrected chi connectivity index (χ0v) is 33.6. The number of ether oxygens (including phenoxy) is 2. The average molecular weight is 824 g/mol. The summed E-state index contributed by atoms with van der Waals surface area (Å²) in [7, 11) is -3.90. The number of rotatable bonds is 8. The highest BCUT2D eigenvalue weighted by molar-refractivity contribution is 7.91. The van der Waals surface area contributed by atoms with Crippen LogP contribution in [0.2, 0.25) is 0 Å². The number of benzene rings is 2. The number of nitrogens with zero attached hydrogens (tertiary/aromatic N) is 4. The van der Waals surface area contributed by atoms with Gasteiger partial charge in [-0.15, -0.1) is 0 Å². The van der Waals surface area contributed by atoms with Gasteiger partial charge < -0.3 is 25.0 Å². The summed E-state index contributed by atoms with van der Waals surface area (Å²) in [5, 5.41) is 10.7. The molecule has 59 heavy (non-hydrogen) atoms. The number of amides is 4. The summed E-state index contributed by atoms with van der Waals surface area (Å²) in [6.45, 7) is -0.0172. The van der Waals surface area contributed by atoms with Gasteiger partial charge in [-0.05, 0) is 76.3 Å². The Morgan fingerprint density at radius 3 is 2.46 bits per heavy atom. The summed E-state index contributed by atoms with van der Waals surface area (Å²) in [5.74, 6) is -1.94. The predicted octanol–water partition coefficient (Wildman–Crippen LogP) is 4.94. The number of sulfonamides is 1. The maximum atomic E-state index is 14.7. The maximum Gasteiger partial charge on any atom is 0.408 e. The molecule has 0 unspecified atom stereocenters. The molecule has 2 aliphatic heterocycles. The first-order chi connectivity index (χ1) is 28.6. The predicted molar refractivity (Wildman–Crippen MR) is 217 cm³/mol. The van der Waals surface area contributed by atoms with Crippen LogP contribution in [-0.2, 0) is 29.1 Å². The van der Waals surface area contributed by atoms with Crippen LogP contribution in [0.1, 0.15) is 83.5 Å². The number of fused-ring (bicyclic) bond motifs is 5. The SMILES string of the molecule is O=C(N[C@H]1CCCCCC=C[C@@H]2C[C@@]2(C(=O)NS(=O)(=O)C2CC2)NC(=O)[C@@H]2C[C@@H](Oc3cc(-c4ccccc4)nc4c5ccccc5nn34)CN2C1=O)OC1CCCC1. The molecule has 5 atom stereocenters. The second-order valence-electron chi connectivity index (χ2n) is 16.6. The minimum atomic E-state index is -3.90. The van der Waals surface area contributed by atoms with Gasteiger partial charge in [0.05, 0.1) is 23.0 Å². The molecule has 3 N–H and O–H groups in total. The Balaban J connectivity index is 1.05. The zero-order valence-electron chi connectivity index (χ0n) is 32.8. The van der Waals surface area contributed by atoms with Crippen molar-refractivity contribution < 1.29 is 37.1 Å². The third kappa shape index (κ3) is 8.10. The van der Waals surface area contributed by atoms with Crippen molar-refractivity contribution in [2.75, 3.05) is 6.54 Å². The molecule has 16 heteroatoms. The second kappa shape index (κ2) is 15.9. The first-order valence-electron chi connectivity index (χ1n) is 20.9. The van der Waals surface area contributed by atoms with Gasteiger partial charge in [0.2, 0.25) is 27.7 Å². The first-order valence-corrected chi connectivity index (χ1v) is 22.5. The van der Waals surface area contributed by atoms with Crippen molar-refractivity contribution in [3.63, 3.8) is 0 Å². The molecule has 4 aromatic rings. The lowest BCUT2D eigenvalue weighted by Crippen LogP contribution is -2.58. The summed E-state index contributed by atoms with van der Waals surface area (Å²) in [6.07, 6.45) is 10.2. The lowest BCUT2D eigenvalue weighted by Gasteiger charge is -2.30. The van der Waals surface area contributed by atoms with E-state index in [-0.39, 0.29) is 25.5 Å². The molecule has 2 aromatic heterocycles. The number of allylic oxidation sites excluding steroid dienone is 1. The van der Waals surface area contributed by atoms with Crippen molar-refractivity contribution in [3.05, 3.63) is 72.8 Å². The van der Waals surface area contributed by atoms with Crippen LogP contribution in [0.5, 0.6) is 5.88 Å². The maximum absolute atomic E-state index is 14.7. The third-order valence-corrected chi connectivity index (χ3v) is 14.1. The van der Waals surface area contributed by atoms with Gasteiger partial charge in [0.25, 0.3) is 5.91 Å². The fourth-order valence-corrected chi connectivity index (χ4v) is 10.2. The smallest absolute Gasteiger partial charge is 0.408 e. The van der Waals surface area contributed by atoms with E-state index in [0.717, 1.165) is 49.5 Å². The quantitative estimate of drug-likeness (QED) is 0.205. The molecule has 0 bridgehead atoms. The van der Waals surface area contributed by atoms with Gasteiger partial charge in [-0.2, -0.15) is 9.61 Å². The van der Waals surface area contributed by atoms with Crippen molar-refractivity contribution in [1.82, 2.24) is 34.9 Å². The second-order valence-corrected chi connectivity index (χ2v) is 18.6. The molecular formula is C43H49N7O8S. The van der Waals surface area contributed by atoms with E-state index in [2.05, 4.69) is 15.4 Å². The van der Waals surface area contributed by atoms with E-state index in [1.807, 2.05) is 66.7 Å². The fraction of sp³-hybridized carbons (Fsp3) is 0.488. The van der Waals surface area contributed by atoms with Crippen LogP contribution >= 0.6 is 0 Å². The number of alkyl carbamates (subject to hydrolysis) is 1. The van der Waals surface area contributed by atoms with Crippen LogP contribution in [0, 0.1) is 5.92 Å². The largest absolute Gasteiger partial charge is 0.472 e. The molecule has 3 aliphatic carbocycles. The molecule has 4 fully saturated rings. The van der Waals surface area contributed by atoms with Gasteiger partial charge in [-0.3, -0.25) is 19.1 Å². The van der Waals surface area contributed by atoms with E-state index < -0.39 is 68.7 Å². The van der Waals surface area contributed by atoms with Crippen molar-refractivity contribution in [2.45, 2.75) is 119 Å². The summed E-state index contributed by atoms with van der Waals surface area (Å²) in [5.41, 5.74) is 1.28. The highest BCUT2D eigenvalue weighted by Crippen LogP contribution is 2.46. The zero-order chi connectivity index (χ0) is 40.7. The Labute approximate surface area is 342 Å². The number of carbonyl (C=O) groups excluding carboxylic acids is 4. The molecule has 0 spiro atoms. The topological polar surface area (TPSA) is 190 Å². The van der Waals surface area contributed by atoms with Crippen LogP contribution in [0.3, 0.4) is 0 Å². The molecule has 3 saturated carbocycles. The summed E-state index contributed by atoms with van der Waals surface area (Å²) in [4.78, 5) is 62.8. The van der Waals surface area contributed by atoms with Crippen molar-refractivity contribution in [3.8, 4) is 17.1 Å². The molecule has 1 saturated heterocycles. The minimum Gasteiger partial charge on any atom is -0.472 e. The lowest BCUT2D eigenvalue weighted by molar-refractivity contribution is -0.141. The standard InChI is InChI=1S/C43H49N7O8S/c51-39-36-23-30(57-37-24-35(27-13-5-4-6-14-27)44-38-32-18-11-12-19-33(32)47-50(37)38)26-49(36)40(52)34(45-42(54)58-29-16-9-10-17-29)20-8-3-1-2-7-15-28-25-43(28,46-39)41(53)48-59(55,56)31-21-22-31/h4-7,11-15,18-19,24,28-31,34,36H,1-3,8-10,16-17,20-23,25-26H2,(H,45,54)(H,46,51)(H,48,53)/t28-,30-,34+,36+,43-/m1/s1. The van der Waals surface area contributed by atoms with Gasteiger partial charge in [0, 0.05) is 29.4 Å². The molecule has 9 rings (SSSR count). The first kappa shape index (κ1) is 39.0. The van der Waals surface area contributed by atoms with Gasteiger partial charge in [0.15, 0.2) is 5.65 Å². The summed E-state index contributed by atoms with van der Waals surface area (Å²) in [6, 6.07) is 17.0. The van der Waals surface area contributed by atoms with E-state index in [1.54, 1.807) is 10.6 Å². The summed E-state index contributed by atoms with van der Waals surface area (Å²) >= 11 is 0. The third-order valence-electron chi connectivity index (χ3n) is 12.3. The normalized spacial score (nSPS) is 26.7. The van der Waals surface area contributed by atoms with E-state index in [0.29, 0.717) is 54.8 Å². The minimum absolute atomic E-state index is 0.0172. The monoisotopic (exact) mass is 823 g/mol. The molecule has 0 radical (unpaired) electrons. The van der Waals surface area contributed by atoms with E-state index >= 15 is 0 Å². The van der Waals surface area contributed by atoms with Gasteiger partial charge in [-0.1, -0.05) is 67.5 Å². The Morgan fingerprint density at radius 1 is 0.898 bits per heavy atom. The fourth-order valence-electron chi connectivity index (χ4n) is 8.80. The van der Waals surface area contributed by atoms with Crippen LogP contribution < -0.4 is 20.1 Å². The van der Waals surface area contributed by atoms with Crippen LogP contribution in [0.4, 0.5) is 4.79 Å². The summed E-state index contributed by atoms with van der Waals surface area (Å²) < 4.78 is 42.2. The van der Waals surface area contributed by atoms with Crippen molar-refractivity contribution >= 4 is 50.4 Å².